The maximum atomic E-state index is 12.0. The Morgan fingerprint density at radius 1 is 1.26 bits per heavy atom. The molecule has 1 aromatic rings. The van der Waals surface area contributed by atoms with Crippen molar-refractivity contribution in [2.24, 2.45) is 0 Å². The van der Waals surface area contributed by atoms with Gasteiger partial charge in [-0.1, -0.05) is 25.1 Å². The van der Waals surface area contributed by atoms with E-state index in [1.165, 1.54) is 0 Å². The van der Waals surface area contributed by atoms with Crippen LogP contribution in [0.3, 0.4) is 0 Å². The van der Waals surface area contributed by atoms with Gasteiger partial charge in [-0.25, -0.2) is 0 Å². The molecule has 2 rings (SSSR count). The van der Waals surface area contributed by atoms with Crippen LogP contribution in [0.25, 0.3) is 0 Å². The first-order valence-corrected chi connectivity index (χ1v) is 6.66. The Hall–Kier alpha value is -1.84. The van der Waals surface area contributed by atoms with E-state index in [1.54, 1.807) is 4.90 Å². The Balaban J connectivity index is 2.29. The maximum Gasteiger partial charge on any atom is 0.243 e. The van der Waals surface area contributed by atoms with Gasteiger partial charge in [0, 0.05) is 6.54 Å². The summed E-state index contributed by atoms with van der Waals surface area (Å²) in [6, 6.07) is 5.74. The molecule has 0 saturated carbocycles. The van der Waals surface area contributed by atoms with Crippen LogP contribution >= 0.6 is 0 Å². The molecule has 0 spiro atoms. The van der Waals surface area contributed by atoms with Crippen LogP contribution in [0.4, 0.5) is 0 Å². The Morgan fingerprint density at radius 3 is 2.47 bits per heavy atom. The number of piperazine rings is 1. The molecule has 1 saturated heterocycles. The molecule has 1 aliphatic heterocycles. The van der Waals surface area contributed by atoms with Gasteiger partial charge in [0.15, 0.2) is 0 Å². The molecule has 0 bridgehead atoms. The van der Waals surface area contributed by atoms with E-state index >= 15 is 0 Å². The summed E-state index contributed by atoms with van der Waals surface area (Å²) < 4.78 is 0. The second kappa shape index (κ2) is 5.43. The molecule has 1 atom stereocenters. The minimum Gasteiger partial charge on any atom is -0.345 e. The quantitative estimate of drug-likeness (QED) is 0.896. The normalized spacial score (nSPS) is 19.5. The largest absolute Gasteiger partial charge is 0.345 e. The Morgan fingerprint density at radius 2 is 1.89 bits per heavy atom. The summed E-state index contributed by atoms with van der Waals surface area (Å²) in [4.78, 5) is 25.6. The van der Waals surface area contributed by atoms with E-state index < -0.39 is 0 Å². The lowest BCUT2D eigenvalue weighted by Gasteiger charge is -2.35. The fourth-order valence-electron chi connectivity index (χ4n) is 2.57. The third-order valence-electron chi connectivity index (χ3n) is 3.77. The monoisotopic (exact) mass is 260 g/mol. The van der Waals surface area contributed by atoms with Crippen LogP contribution in [-0.2, 0) is 16.1 Å². The number of carbonyl (C=O) groups is 2. The highest BCUT2D eigenvalue weighted by Gasteiger charge is 2.33. The summed E-state index contributed by atoms with van der Waals surface area (Å²) in [7, 11) is 0. The second-order valence-electron chi connectivity index (χ2n) is 5.03. The third-order valence-corrected chi connectivity index (χ3v) is 3.77. The smallest absolute Gasteiger partial charge is 0.243 e. The van der Waals surface area contributed by atoms with Crippen molar-refractivity contribution in [3.8, 4) is 0 Å². The molecule has 1 fully saturated rings. The number of aryl methyl sites for hydroxylation is 2. The van der Waals surface area contributed by atoms with Gasteiger partial charge in [0.1, 0.15) is 6.04 Å². The number of nitrogens with zero attached hydrogens (tertiary/aromatic N) is 1. The van der Waals surface area contributed by atoms with E-state index in [0.29, 0.717) is 13.0 Å². The van der Waals surface area contributed by atoms with Crippen LogP contribution < -0.4 is 5.32 Å². The van der Waals surface area contributed by atoms with E-state index in [-0.39, 0.29) is 24.4 Å². The molecule has 0 radical (unpaired) electrons. The van der Waals surface area contributed by atoms with Crippen molar-refractivity contribution in [3.63, 3.8) is 0 Å². The molecular formula is C15H20N2O2. The van der Waals surface area contributed by atoms with Crippen molar-refractivity contribution in [2.75, 3.05) is 6.54 Å². The zero-order valence-corrected chi connectivity index (χ0v) is 11.7. The zero-order chi connectivity index (χ0) is 14.0. The molecule has 19 heavy (non-hydrogen) atoms. The van der Waals surface area contributed by atoms with Crippen molar-refractivity contribution in [1.82, 2.24) is 10.2 Å². The Labute approximate surface area is 113 Å². The fourth-order valence-corrected chi connectivity index (χ4v) is 2.57. The molecule has 1 N–H and O–H groups in total. The number of carbonyl (C=O) groups excluding carboxylic acids is 2. The lowest BCUT2D eigenvalue weighted by atomic mass is 10.0. The Bertz CT molecular complexity index is 491. The van der Waals surface area contributed by atoms with E-state index in [9.17, 15) is 9.59 Å². The average Bonchev–Trinajstić information content (AvgIpc) is 2.38. The minimum absolute atomic E-state index is 0.00546. The van der Waals surface area contributed by atoms with Crippen LogP contribution in [-0.4, -0.2) is 29.3 Å². The van der Waals surface area contributed by atoms with Crippen molar-refractivity contribution in [1.29, 1.82) is 0 Å². The van der Waals surface area contributed by atoms with E-state index in [4.69, 9.17) is 0 Å². The Kier molecular flexibility index (Phi) is 3.88. The standard InChI is InChI=1S/C15H20N2O2/c1-4-13-15(19)16-8-14(18)17(13)9-12-10(2)6-5-7-11(12)3/h5-7,13H,4,8-9H2,1-3H3,(H,16,19). The molecule has 0 aliphatic carbocycles. The summed E-state index contributed by atoms with van der Waals surface area (Å²) in [5.74, 6) is -0.0533. The average molecular weight is 260 g/mol. The third kappa shape index (κ3) is 2.62. The number of hydrogen-bond acceptors (Lipinski definition) is 2. The molecule has 102 valence electrons. The molecule has 0 aromatic heterocycles. The molecule has 1 unspecified atom stereocenters. The van der Waals surface area contributed by atoms with E-state index in [2.05, 4.69) is 5.32 Å². The fraction of sp³-hybridized carbons (Fsp3) is 0.467. The number of benzene rings is 1. The topological polar surface area (TPSA) is 49.4 Å². The lowest BCUT2D eigenvalue weighted by molar-refractivity contribution is -0.146. The number of rotatable bonds is 3. The molecule has 1 aromatic carbocycles. The molecule has 4 heteroatoms. The first kappa shape index (κ1) is 13.6. The minimum atomic E-state index is -0.347. The summed E-state index contributed by atoms with van der Waals surface area (Å²) in [5, 5.41) is 2.65. The molecule has 2 amide bonds. The van der Waals surface area contributed by atoms with Crippen molar-refractivity contribution in [3.05, 3.63) is 34.9 Å². The van der Waals surface area contributed by atoms with E-state index in [0.717, 1.165) is 16.7 Å². The first-order chi connectivity index (χ1) is 9.04. The van der Waals surface area contributed by atoms with Gasteiger partial charge in [0.25, 0.3) is 0 Å². The first-order valence-electron chi connectivity index (χ1n) is 6.66. The highest BCUT2D eigenvalue weighted by Crippen LogP contribution is 2.19. The molecule has 1 aliphatic rings. The van der Waals surface area contributed by atoms with Gasteiger partial charge in [-0.3, -0.25) is 9.59 Å². The van der Waals surface area contributed by atoms with Gasteiger partial charge < -0.3 is 10.2 Å². The number of hydrogen-bond donors (Lipinski definition) is 1. The summed E-state index contributed by atoms with van der Waals surface area (Å²) >= 11 is 0. The van der Waals surface area contributed by atoms with Crippen LogP contribution in [0, 0.1) is 13.8 Å². The second-order valence-corrected chi connectivity index (χ2v) is 5.03. The van der Waals surface area contributed by atoms with Gasteiger partial charge in [-0.2, -0.15) is 0 Å². The molecule has 4 nitrogen and oxygen atoms in total. The van der Waals surface area contributed by atoms with Crippen LogP contribution in [0.5, 0.6) is 0 Å². The van der Waals surface area contributed by atoms with Gasteiger partial charge >= 0.3 is 0 Å². The van der Waals surface area contributed by atoms with Crippen molar-refractivity contribution >= 4 is 11.8 Å². The number of nitrogens with one attached hydrogen (secondary N) is 1. The van der Waals surface area contributed by atoms with Gasteiger partial charge in [-0.05, 0) is 37.0 Å². The van der Waals surface area contributed by atoms with Crippen molar-refractivity contribution < 1.29 is 9.59 Å². The predicted octanol–water partition coefficient (Wildman–Crippen LogP) is 1.54. The summed E-state index contributed by atoms with van der Waals surface area (Å²) in [6.45, 7) is 6.64. The van der Waals surface area contributed by atoms with Crippen LogP contribution in [0.2, 0.25) is 0 Å². The summed E-state index contributed by atoms with van der Waals surface area (Å²) in [6.07, 6.45) is 0.641. The van der Waals surface area contributed by atoms with Gasteiger partial charge in [-0.15, -0.1) is 0 Å². The lowest BCUT2D eigenvalue weighted by Crippen LogP contribution is -2.57. The van der Waals surface area contributed by atoms with Crippen molar-refractivity contribution in [2.45, 2.75) is 39.8 Å². The highest BCUT2D eigenvalue weighted by atomic mass is 16.2. The number of amides is 2. The highest BCUT2D eigenvalue weighted by molar-refractivity contribution is 5.94. The zero-order valence-electron chi connectivity index (χ0n) is 11.7. The maximum absolute atomic E-state index is 12.0. The van der Waals surface area contributed by atoms with Crippen LogP contribution in [0.15, 0.2) is 18.2 Å². The van der Waals surface area contributed by atoms with Gasteiger partial charge in [0.05, 0.1) is 6.54 Å². The van der Waals surface area contributed by atoms with Crippen LogP contribution in [0.1, 0.15) is 30.0 Å². The van der Waals surface area contributed by atoms with E-state index in [1.807, 2.05) is 39.0 Å². The SMILES string of the molecule is CCC1C(=O)NCC(=O)N1Cc1c(C)cccc1C. The predicted molar refractivity (Wildman–Crippen MR) is 73.6 cm³/mol. The summed E-state index contributed by atoms with van der Waals surface area (Å²) in [5.41, 5.74) is 3.46. The molecule has 1 heterocycles. The van der Waals surface area contributed by atoms with Gasteiger partial charge in [0.2, 0.25) is 11.8 Å². The molecular weight excluding hydrogens is 240 g/mol.